The number of fused-ring (bicyclic) bond motifs is 1. The summed E-state index contributed by atoms with van der Waals surface area (Å²) in [5, 5.41) is 6.93. The summed E-state index contributed by atoms with van der Waals surface area (Å²) in [6.07, 6.45) is 1.10. The smallest absolute Gasteiger partial charge is 0.231 e. The van der Waals surface area contributed by atoms with Gasteiger partial charge in [0.15, 0.2) is 17.5 Å². The third-order valence-corrected chi connectivity index (χ3v) is 4.85. The molecule has 0 aliphatic carbocycles. The Morgan fingerprint density at radius 3 is 2.79 bits per heavy atom. The van der Waals surface area contributed by atoms with Gasteiger partial charge in [0.05, 0.1) is 6.54 Å². The molecule has 2 aliphatic rings. The van der Waals surface area contributed by atoms with Crippen LogP contribution in [-0.4, -0.2) is 38.4 Å². The van der Waals surface area contributed by atoms with E-state index in [9.17, 15) is 0 Å². The lowest BCUT2D eigenvalue weighted by Crippen LogP contribution is -2.44. The highest BCUT2D eigenvalue weighted by molar-refractivity contribution is 14.0. The Morgan fingerprint density at radius 2 is 1.96 bits per heavy atom. The van der Waals surface area contributed by atoms with Crippen molar-refractivity contribution >= 4 is 35.6 Å². The molecule has 0 bridgehead atoms. The Kier molecular flexibility index (Phi) is 7.24. The van der Waals surface area contributed by atoms with Crippen molar-refractivity contribution in [3.63, 3.8) is 0 Å². The lowest BCUT2D eigenvalue weighted by Gasteiger charge is -2.20. The number of rotatable bonds is 5. The summed E-state index contributed by atoms with van der Waals surface area (Å²) >= 11 is 0. The summed E-state index contributed by atoms with van der Waals surface area (Å²) in [5.74, 6) is 2.46. The summed E-state index contributed by atoms with van der Waals surface area (Å²) in [6, 6.07) is 16.9. The molecule has 1 atom stereocenters. The maximum atomic E-state index is 5.45. The Hall–Kier alpha value is -2.16. The summed E-state index contributed by atoms with van der Waals surface area (Å²) in [5.41, 5.74) is 2.39. The molecule has 2 N–H and O–H groups in total. The van der Waals surface area contributed by atoms with Crippen molar-refractivity contribution in [2.75, 3.05) is 31.3 Å². The van der Waals surface area contributed by atoms with Crippen molar-refractivity contribution in [1.29, 1.82) is 0 Å². The molecule has 4 rings (SSSR count). The number of para-hydroxylation sites is 1. The van der Waals surface area contributed by atoms with Gasteiger partial charge >= 0.3 is 0 Å². The van der Waals surface area contributed by atoms with E-state index >= 15 is 0 Å². The van der Waals surface area contributed by atoms with E-state index in [0.717, 1.165) is 49.1 Å². The number of aliphatic imine (C=N–C) groups is 1. The van der Waals surface area contributed by atoms with Crippen molar-refractivity contribution in [3.05, 3.63) is 54.1 Å². The second-order valence-corrected chi connectivity index (χ2v) is 6.79. The highest BCUT2D eigenvalue weighted by Crippen LogP contribution is 2.32. The Labute approximate surface area is 183 Å². The van der Waals surface area contributed by atoms with Crippen LogP contribution in [0.15, 0.2) is 53.5 Å². The molecule has 0 amide bonds. The monoisotopic (exact) mass is 494 g/mol. The third-order valence-electron chi connectivity index (χ3n) is 4.85. The minimum absolute atomic E-state index is 0. The molecule has 2 aromatic carbocycles. The highest BCUT2D eigenvalue weighted by atomic mass is 127. The molecule has 28 heavy (non-hydrogen) atoms. The minimum Gasteiger partial charge on any atom is -0.454 e. The topological polar surface area (TPSA) is 58.1 Å². The van der Waals surface area contributed by atoms with Crippen LogP contribution in [-0.2, 0) is 6.54 Å². The molecule has 2 heterocycles. The van der Waals surface area contributed by atoms with Gasteiger partial charge in [-0.3, -0.25) is 0 Å². The maximum absolute atomic E-state index is 5.45. The fraction of sp³-hybridized carbons (Fsp3) is 0.381. The second kappa shape index (κ2) is 9.86. The number of benzene rings is 2. The van der Waals surface area contributed by atoms with Gasteiger partial charge < -0.3 is 25.0 Å². The van der Waals surface area contributed by atoms with Gasteiger partial charge in [-0.25, -0.2) is 4.99 Å². The molecule has 2 aromatic rings. The van der Waals surface area contributed by atoms with Gasteiger partial charge in [0, 0.05) is 31.4 Å². The zero-order valence-electron chi connectivity index (χ0n) is 16.1. The number of nitrogens with one attached hydrogen (secondary N) is 2. The second-order valence-electron chi connectivity index (χ2n) is 6.79. The lowest BCUT2D eigenvalue weighted by molar-refractivity contribution is 0.174. The third kappa shape index (κ3) is 5.01. The fourth-order valence-corrected chi connectivity index (χ4v) is 3.47. The Bertz CT molecular complexity index is 800. The first-order valence-electron chi connectivity index (χ1n) is 9.55. The molecule has 1 saturated heterocycles. The molecule has 6 nitrogen and oxygen atoms in total. The number of nitrogens with zero attached hydrogens (tertiary/aromatic N) is 2. The molecule has 1 unspecified atom stereocenters. The largest absolute Gasteiger partial charge is 0.454 e. The van der Waals surface area contributed by atoms with Gasteiger partial charge in [-0.2, -0.15) is 0 Å². The van der Waals surface area contributed by atoms with Crippen LogP contribution in [0.4, 0.5) is 5.69 Å². The van der Waals surface area contributed by atoms with Crippen molar-refractivity contribution in [1.82, 2.24) is 10.6 Å². The number of ether oxygens (including phenoxy) is 2. The summed E-state index contributed by atoms with van der Waals surface area (Å²) in [7, 11) is 0. The number of hydrogen-bond acceptors (Lipinski definition) is 4. The minimum atomic E-state index is 0. The standard InChI is InChI=1S/C21H26N4O2.HI/c1-2-22-21(23-13-16-8-9-19-20(12-16)27-15-26-19)24-17-10-11-25(14-17)18-6-4-3-5-7-18;/h3-9,12,17H,2,10-11,13-15H2,1H3,(H2,22,23,24);1H. The molecule has 2 aliphatic heterocycles. The fourth-order valence-electron chi connectivity index (χ4n) is 3.47. The Balaban J connectivity index is 0.00000225. The van der Waals surface area contributed by atoms with Gasteiger partial charge in [0.1, 0.15) is 0 Å². The first-order chi connectivity index (χ1) is 13.3. The summed E-state index contributed by atoms with van der Waals surface area (Å²) in [4.78, 5) is 7.17. The molecule has 0 spiro atoms. The van der Waals surface area contributed by atoms with E-state index in [1.807, 2.05) is 18.2 Å². The molecule has 0 saturated carbocycles. The van der Waals surface area contributed by atoms with Crippen LogP contribution < -0.4 is 25.0 Å². The number of halogens is 1. The van der Waals surface area contributed by atoms with Crippen LogP contribution in [0.25, 0.3) is 0 Å². The van der Waals surface area contributed by atoms with E-state index in [4.69, 9.17) is 14.5 Å². The average Bonchev–Trinajstić information content (AvgIpc) is 3.36. The average molecular weight is 494 g/mol. The van der Waals surface area contributed by atoms with E-state index in [0.29, 0.717) is 19.4 Å². The quantitative estimate of drug-likeness (QED) is 0.380. The molecule has 7 heteroatoms. The van der Waals surface area contributed by atoms with Gasteiger partial charge in [-0.05, 0) is 43.2 Å². The van der Waals surface area contributed by atoms with Gasteiger partial charge in [0.2, 0.25) is 6.79 Å². The van der Waals surface area contributed by atoms with E-state index in [1.54, 1.807) is 0 Å². The van der Waals surface area contributed by atoms with Crippen LogP contribution >= 0.6 is 24.0 Å². The Morgan fingerprint density at radius 1 is 1.14 bits per heavy atom. The summed E-state index contributed by atoms with van der Waals surface area (Å²) in [6.45, 7) is 5.86. The van der Waals surface area contributed by atoms with Gasteiger partial charge in [-0.1, -0.05) is 24.3 Å². The van der Waals surface area contributed by atoms with Crippen LogP contribution in [0.1, 0.15) is 18.9 Å². The van der Waals surface area contributed by atoms with E-state index in [1.165, 1.54) is 5.69 Å². The van der Waals surface area contributed by atoms with Gasteiger partial charge in [0.25, 0.3) is 0 Å². The van der Waals surface area contributed by atoms with Gasteiger partial charge in [-0.15, -0.1) is 24.0 Å². The van der Waals surface area contributed by atoms with Crippen LogP contribution in [0, 0.1) is 0 Å². The zero-order valence-corrected chi connectivity index (χ0v) is 18.4. The predicted octanol–water partition coefficient (Wildman–Crippen LogP) is 3.37. The van der Waals surface area contributed by atoms with E-state index in [-0.39, 0.29) is 24.0 Å². The van der Waals surface area contributed by atoms with E-state index in [2.05, 4.69) is 52.8 Å². The van der Waals surface area contributed by atoms with Crippen LogP contribution in [0.3, 0.4) is 0 Å². The number of guanidine groups is 1. The zero-order chi connectivity index (χ0) is 18.5. The summed E-state index contributed by atoms with van der Waals surface area (Å²) < 4.78 is 10.8. The maximum Gasteiger partial charge on any atom is 0.231 e. The van der Waals surface area contributed by atoms with Crippen molar-refractivity contribution in [3.8, 4) is 11.5 Å². The molecule has 0 aromatic heterocycles. The first kappa shape index (κ1) is 20.6. The van der Waals surface area contributed by atoms with Crippen LogP contribution in [0.2, 0.25) is 0 Å². The SMILES string of the molecule is CCNC(=NCc1ccc2c(c1)OCO2)NC1CCN(c2ccccc2)C1.I. The molecular weight excluding hydrogens is 467 g/mol. The molecular formula is C21H27IN4O2. The normalized spacial score (nSPS) is 18.0. The first-order valence-corrected chi connectivity index (χ1v) is 9.55. The highest BCUT2D eigenvalue weighted by Gasteiger charge is 2.23. The molecule has 0 radical (unpaired) electrons. The number of hydrogen-bond donors (Lipinski definition) is 2. The lowest BCUT2D eigenvalue weighted by atomic mass is 10.2. The van der Waals surface area contributed by atoms with Crippen molar-refractivity contribution < 1.29 is 9.47 Å². The molecule has 1 fully saturated rings. The predicted molar refractivity (Wildman–Crippen MR) is 123 cm³/mol. The van der Waals surface area contributed by atoms with Crippen molar-refractivity contribution in [2.24, 2.45) is 4.99 Å². The number of anilines is 1. The van der Waals surface area contributed by atoms with Crippen LogP contribution in [0.5, 0.6) is 11.5 Å². The molecule has 150 valence electrons. The van der Waals surface area contributed by atoms with Crippen molar-refractivity contribution in [2.45, 2.75) is 25.9 Å². The van der Waals surface area contributed by atoms with E-state index < -0.39 is 0 Å².